The van der Waals surface area contributed by atoms with E-state index in [1.54, 1.807) is 0 Å². The van der Waals surface area contributed by atoms with Crippen molar-refractivity contribution in [2.45, 2.75) is 491 Å². The minimum absolute atomic E-state index is 0.0841. The summed E-state index contributed by atoms with van der Waals surface area (Å²) in [6.07, 6.45) is -2.49. The van der Waals surface area contributed by atoms with E-state index in [9.17, 15) is 0 Å². The van der Waals surface area contributed by atoms with Gasteiger partial charge in [0.15, 0.2) is 25.0 Å². The number of benzene rings is 3. The average Bonchev–Trinajstić information content (AvgIpc) is 0.715. The molecule has 0 amide bonds. The lowest BCUT2D eigenvalue weighted by atomic mass is 9.70. The Balaban J connectivity index is 3.68. The molecule has 3 rings (SSSR count). The fourth-order valence-corrected chi connectivity index (χ4v) is 29.1. The van der Waals surface area contributed by atoms with Crippen molar-refractivity contribution in [1.82, 2.24) is 0 Å². The van der Waals surface area contributed by atoms with Gasteiger partial charge >= 0.3 is 30.6 Å². The first-order valence-corrected chi connectivity index (χ1v) is 59.4. The second-order valence-corrected chi connectivity index (χ2v) is 70.1. The fourth-order valence-electron chi connectivity index (χ4n) is 16.0. The van der Waals surface area contributed by atoms with Crippen LogP contribution in [0, 0.1) is 20.8 Å². The van der Waals surface area contributed by atoms with Crippen LogP contribution >= 0.6 is 30.6 Å². The number of phosphoric ester groups is 1. The molecule has 3 aromatic carbocycles. The highest BCUT2D eigenvalue weighted by Gasteiger charge is 2.56. The lowest BCUT2D eigenvalue weighted by Crippen LogP contribution is -2.42. The van der Waals surface area contributed by atoms with Gasteiger partial charge in [0.2, 0.25) is 0 Å². The summed E-state index contributed by atoms with van der Waals surface area (Å²) in [5, 5.41) is 0.438. The molecule has 3 aromatic rings. The fraction of sp³-hybridized carbons (Fsp3) is 0.812. The van der Waals surface area contributed by atoms with Crippen LogP contribution in [0.25, 0.3) is 0 Å². The standard InChI is InChI=1S/C96H180O16P4Si3/c1-61(2)104-113(97,105-62(3)4)82-73(85(16,17)18)67(13)70(94(43,44)55-58-101-117(49,50)91(34,35)36)79(76(82)88(25,26)27)110-116(100,111-80-71(95(45,46)56-59-102-118(51,52)92(37,38)39)68(14)74(86(19,20)21)83(77(80)89(28,29)30)114(98,106-63(5)6)107-64(7)8)112-81-72(96(47,48)57-60-103-119(53,54)93(40,41)42)69(15)75(87(22,23)24)84(78(81)90(31,32)33)115(99,108-65(9)10)109-66(11)12/h61-66H,55-60H2,1-54H3. The third-order valence-corrected chi connectivity index (χ3v) is 46.1. The van der Waals surface area contributed by atoms with E-state index < -0.39 is 141 Å². The summed E-state index contributed by atoms with van der Waals surface area (Å²) in [6.45, 7) is 114. The lowest BCUT2D eigenvalue weighted by Gasteiger charge is -2.43. The number of hydrogen-bond acceptors (Lipinski definition) is 16. The first-order valence-electron chi connectivity index (χ1n) is 44.5. The van der Waals surface area contributed by atoms with Crippen LogP contribution in [0.2, 0.25) is 54.4 Å². The van der Waals surface area contributed by atoms with Crippen LogP contribution in [0.1, 0.15) is 398 Å². The van der Waals surface area contributed by atoms with E-state index in [0.29, 0.717) is 89.2 Å². The molecule has 0 atom stereocenters. The van der Waals surface area contributed by atoms with Gasteiger partial charge in [-0.3, -0.25) is 13.7 Å². The molecule has 0 aromatic heterocycles. The molecule has 0 bridgehead atoms. The zero-order valence-corrected chi connectivity index (χ0v) is 93.1. The molecule has 0 unspecified atom stereocenters. The predicted molar refractivity (Wildman–Crippen MR) is 517 cm³/mol. The number of phosphoric acid groups is 1. The van der Waals surface area contributed by atoms with Gasteiger partial charge in [-0.25, -0.2) is 0 Å². The van der Waals surface area contributed by atoms with Crippen LogP contribution in [0.3, 0.4) is 0 Å². The third kappa shape index (κ3) is 26.7. The summed E-state index contributed by atoms with van der Waals surface area (Å²) < 4.78 is 161. The Labute approximate surface area is 734 Å². The van der Waals surface area contributed by atoms with E-state index >= 15 is 18.3 Å². The van der Waals surface area contributed by atoms with Crippen LogP contribution in [0.5, 0.6) is 17.2 Å². The topological polar surface area (TPSA) is 179 Å². The zero-order valence-electron chi connectivity index (χ0n) is 86.5. The largest absolute Gasteiger partial charge is 0.647 e. The molecular formula is C96H180O16P4Si3. The lowest BCUT2D eigenvalue weighted by molar-refractivity contribution is 0.148. The quantitative estimate of drug-likeness (QED) is 0.0396. The van der Waals surface area contributed by atoms with Crippen LogP contribution in [-0.4, -0.2) is 81.4 Å². The van der Waals surface area contributed by atoms with Gasteiger partial charge in [0.25, 0.3) is 0 Å². The molecule has 0 aliphatic heterocycles. The average molecular weight is 1800 g/mol. The Kier molecular flexibility index (Phi) is 35.4. The highest BCUT2D eigenvalue weighted by atomic mass is 31.2. The van der Waals surface area contributed by atoms with Crippen molar-refractivity contribution in [1.29, 1.82) is 0 Å². The summed E-state index contributed by atoms with van der Waals surface area (Å²) >= 11 is 0. The van der Waals surface area contributed by atoms with Crippen LogP contribution in [-0.2, 0) is 107 Å². The van der Waals surface area contributed by atoms with E-state index in [1.807, 2.05) is 83.1 Å². The van der Waals surface area contributed by atoms with E-state index in [-0.39, 0.29) is 48.3 Å². The first kappa shape index (κ1) is 111. The van der Waals surface area contributed by atoms with Gasteiger partial charge in [0.1, 0.15) is 17.2 Å². The summed E-state index contributed by atoms with van der Waals surface area (Å²) in [7, 11) is -26.9. The third-order valence-electron chi connectivity index (χ3n) is 24.1. The Morgan fingerprint density at radius 3 is 0.529 bits per heavy atom. The molecule has 0 aliphatic rings. The minimum Gasteiger partial charge on any atom is -0.417 e. The van der Waals surface area contributed by atoms with Crippen LogP contribution in [0.15, 0.2) is 0 Å². The molecule has 0 N–H and O–H groups in total. The maximum absolute atomic E-state index is 20.2. The smallest absolute Gasteiger partial charge is 0.417 e. The Morgan fingerprint density at radius 1 is 0.252 bits per heavy atom. The van der Waals surface area contributed by atoms with Crippen molar-refractivity contribution in [3.63, 3.8) is 0 Å². The summed E-state index contributed by atoms with van der Waals surface area (Å²) in [4.78, 5) is 0. The summed E-state index contributed by atoms with van der Waals surface area (Å²) in [6, 6.07) is 0. The molecule has 0 fully saturated rings. The highest BCUT2D eigenvalue weighted by molar-refractivity contribution is 7.63. The van der Waals surface area contributed by atoms with Crippen LogP contribution < -0.4 is 29.5 Å². The predicted octanol–water partition coefficient (Wildman–Crippen LogP) is 30.1. The zero-order chi connectivity index (χ0) is 94.1. The monoisotopic (exact) mass is 1800 g/mol. The van der Waals surface area contributed by atoms with Crippen molar-refractivity contribution in [3.05, 3.63) is 66.8 Å². The van der Waals surface area contributed by atoms with Gasteiger partial charge in [-0.15, -0.1) is 0 Å². The molecule has 0 heterocycles. The maximum atomic E-state index is 20.2. The maximum Gasteiger partial charge on any atom is 0.647 e. The van der Waals surface area contributed by atoms with E-state index in [1.165, 1.54) is 0 Å². The minimum atomic E-state index is -5.88. The molecule has 0 saturated heterocycles. The molecule has 0 aliphatic carbocycles. The second-order valence-electron chi connectivity index (χ2n) is 48.6. The van der Waals surface area contributed by atoms with E-state index in [2.05, 4.69) is 289 Å². The number of hydrogen-bond donors (Lipinski definition) is 0. The first-order chi connectivity index (χ1) is 52.4. The molecule has 23 heteroatoms. The van der Waals surface area contributed by atoms with E-state index in [0.717, 1.165) is 16.7 Å². The molecule has 692 valence electrons. The van der Waals surface area contributed by atoms with Gasteiger partial charge in [-0.2, -0.15) is 4.57 Å². The van der Waals surface area contributed by atoms with Gasteiger partial charge in [0.05, 0.1) is 52.5 Å². The summed E-state index contributed by atoms with van der Waals surface area (Å²) in [5.74, 6) is 0.252. The number of rotatable bonds is 36. The molecule has 119 heavy (non-hydrogen) atoms. The van der Waals surface area contributed by atoms with Gasteiger partial charge < -0.3 is 54.0 Å². The highest BCUT2D eigenvalue weighted by Crippen LogP contribution is 2.67. The van der Waals surface area contributed by atoms with Crippen molar-refractivity contribution in [2.24, 2.45) is 0 Å². The SMILES string of the molecule is Cc1c(C(C)(C)C)c(P(=O)(OC(C)C)OC(C)C)c(C(C)(C)C)c(OP(=O)(Oc2c(C(C)(C)C)c(P(=O)(OC(C)C)OC(C)C)c(C(C)(C)C)c(C)c2C(C)(C)CCO[Si](C)(C)C(C)(C)C)Oc2c(C(C)(C)C)c(P(=O)(OC(C)C)OC(C)C)c(C(C)(C)C)c(C)c2C(C)(C)CCO[Si](C)(C)C(C)(C)C)c1C(C)(C)CCO[Si](C)(C)C(C)(C)C. The molecular weight excluding hydrogens is 1620 g/mol. The molecule has 0 spiro atoms. The Morgan fingerprint density at radius 2 is 0.403 bits per heavy atom. The Bertz CT molecular complexity index is 3740. The molecule has 0 saturated carbocycles. The van der Waals surface area contributed by atoms with E-state index in [4.69, 9.17) is 54.0 Å². The van der Waals surface area contributed by atoms with Crippen molar-refractivity contribution in [3.8, 4) is 17.2 Å². The molecule has 0 radical (unpaired) electrons. The van der Waals surface area contributed by atoms with Crippen molar-refractivity contribution >= 4 is 71.5 Å². The van der Waals surface area contributed by atoms with Crippen molar-refractivity contribution in [2.75, 3.05) is 19.8 Å². The summed E-state index contributed by atoms with van der Waals surface area (Å²) in [5.41, 5.74) is -1.16. The molecule has 16 nitrogen and oxygen atoms in total. The normalized spacial score (nSPS) is 14.9. The van der Waals surface area contributed by atoms with Gasteiger partial charge in [-0.05, 0) is 260 Å². The van der Waals surface area contributed by atoms with Gasteiger partial charge in [-0.1, -0.05) is 228 Å². The van der Waals surface area contributed by atoms with Gasteiger partial charge in [0, 0.05) is 53.2 Å². The van der Waals surface area contributed by atoms with Crippen LogP contribution in [0.4, 0.5) is 0 Å². The second kappa shape index (κ2) is 37.8. The Hall–Kier alpha value is -1.73. The van der Waals surface area contributed by atoms with Crippen molar-refractivity contribution < 1.29 is 72.3 Å².